The SMILES string of the molecule is Cc1[nH]cnc1CN1CCC([C@H](C)N2CCCC2)CC1. The van der Waals surface area contributed by atoms with E-state index >= 15 is 0 Å². The lowest BCUT2D eigenvalue weighted by Crippen LogP contribution is -2.43. The Morgan fingerprint density at radius 2 is 1.95 bits per heavy atom. The van der Waals surface area contributed by atoms with Gasteiger partial charge in [0.05, 0.1) is 12.0 Å². The molecule has 2 aliphatic rings. The third-order valence-corrected chi connectivity index (χ3v) is 5.34. The van der Waals surface area contributed by atoms with Crippen molar-refractivity contribution in [3.05, 3.63) is 17.7 Å². The van der Waals surface area contributed by atoms with Gasteiger partial charge in [0.2, 0.25) is 0 Å². The zero-order valence-corrected chi connectivity index (χ0v) is 12.9. The third kappa shape index (κ3) is 3.07. The summed E-state index contributed by atoms with van der Waals surface area (Å²) < 4.78 is 0. The number of likely N-dealkylation sites (tertiary alicyclic amines) is 2. The lowest BCUT2D eigenvalue weighted by atomic mass is 9.89. The molecule has 1 atom stereocenters. The zero-order valence-electron chi connectivity index (χ0n) is 12.9. The lowest BCUT2D eigenvalue weighted by molar-refractivity contribution is 0.107. The fourth-order valence-electron chi connectivity index (χ4n) is 3.80. The van der Waals surface area contributed by atoms with Crippen LogP contribution in [0.15, 0.2) is 6.33 Å². The highest BCUT2D eigenvalue weighted by Crippen LogP contribution is 2.27. The number of aromatic nitrogens is 2. The van der Waals surface area contributed by atoms with Crippen LogP contribution < -0.4 is 0 Å². The summed E-state index contributed by atoms with van der Waals surface area (Å²) in [6, 6.07) is 0.784. The van der Waals surface area contributed by atoms with E-state index in [-0.39, 0.29) is 0 Å². The maximum atomic E-state index is 4.42. The van der Waals surface area contributed by atoms with Crippen LogP contribution in [-0.2, 0) is 6.54 Å². The Morgan fingerprint density at radius 3 is 2.55 bits per heavy atom. The van der Waals surface area contributed by atoms with Crippen molar-refractivity contribution in [1.29, 1.82) is 0 Å². The molecule has 0 radical (unpaired) electrons. The lowest BCUT2D eigenvalue weighted by Gasteiger charge is -2.38. The molecule has 4 nitrogen and oxygen atoms in total. The second-order valence-electron chi connectivity index (χ2n) is 6.57. The van der Waals surface area contributed by atoms with Crippen LogP contribution in [0.25, 0.3) is 0 Å². The number of nitrogens with one attached hydrogen (secondary N) is 1. The number of hydrogen-bond acceptors (Lipinski definition) is 3. The number of imidazole rings is 1. The van der Waals surface area contributed by atoms with Crippen LogP contribution in [0, 0.1) is 12.8 Å². The molecular formula is C16H28N4. The van der Waals surface area contributed by atoms with Gasteiger partial charge in [0.15, 0.2) is 0 Å². The summed E-state index contributed by atoms with van der Waals surface area (Å²) in [5, 5.41) is 0. The molecule has 0 amide bonds. The first-order valence-corrected chi connectivity index (χ1v) is 8.19. The number of aromatic amines is 1. The number of rotatable bonds is 4. The van der Waals surface area contributed by atoms with E-state index in [1.165, 1.54) is 63.3 Å². The van der Waals surface area contributed by atoms with Gasteiger partial charge in [0, 0.05) is 18.3 Å². The average Bonchev–Trinajstić information content (AvgIpc) is 3.12. The van der Waals surface area contributed by atoms with Crippen molar-refractivity contribution in [3.63, 3.8) is 0 Å². The van der Waals surface area contributed by atoms with Gasteiger partial charge in [-0.15, -0.1) is 0 Å². The molecule has 0 bridgehead atoms. The molecule has 112 valence electrons. The third-order valence-electron chi connectivity index (χ3n) is 5.34. The van der Waals surface area contributed by atoms with Gasteiger partial charge in [-0.2, -0.15) is 0 Å². The van der Waals surface area contributed by atoms with Crippen LogP contribution in [0.1, 0.15) is 44.0 Å². The first-order chi connectivity index (χ1) is 9.74. The summed E-state index contributed by atoms with van der Waals surface area (Å²) in [5.41, 5.74) is 2.44. The minimum Gasteiger partial charge on any atom is -0.348 e. The molecule has 0 unspecified atom stereocenters. The van der Waals surface area contributed by atoms with E-state index < -0.39 is 0 Å². The van der Waals surface area contributed by atoms with Gasteiger partial charge in [-0.3, -0.25) is 4.90 Å². The summed E-state index contributed by atoms with van der Waals surface area (Å²) in [6.07, 6.45) is 7.32. The first-order valence-electron chi connectivity index (χ1n) is 8.19. The van der Waals surface area contributed by atoms with E-state index in [2.05, 4.69) is 33.6 Å². The van der Waals surface area contributed by atoms with Crippen molar-refractivity contribution in [3.8, 4) is 0 Å². The Bertz CT molecular complexity index is 414. The summed E-state index contributed by atoms with van der Waals surface area (Å²) in [4.78, 5) is 12.9. The van der Waals surface area contributed by atoms with E-state index in [0.717, 1.165) is 18.5 Å². The predicted octanol–water partition coefficient (Wildman–Crippen LogP) is 2.41. The van der Waals surface area contributed by atoms with Crippen LogP contribution >= 0.6 is 0 Å². The number of aryl methyl sites for hydroxylation is 1. The second kappa shape index (κ2) is 6.27. The number of hydrogen-bond donors (Lipinski definition) is 1. The van der Waals surface area contributed by atoms with Crippen molar-refractivity contribution in [2.75, 3.05) is 26.2 Å². The monoisotopic (exact) mass is 276 g/mol. The Kier molecular flexibility index (Phi) is 4.41. The van der Waals surface area contributed by atoms with Gasteiger partial charge in [-0.25, -0.2) is 4.98 Å². The fraction of sp³-hybridized carbons (Fsp3) is 0.812. The van der Waals surface area contributed by atoms with Crippen LogP contribution in [0.5, 0.6) is 0 Å². The predicted molar refractivity (Wildman–Crippen MR) is 81.6 cm³/mol. The highest BCUT2D eigenvalue weighted by molar-refractivity contribution is 5.08. The minimum absolute atomic E-state index is 0.784. The molecule has 1 aromatic heterocycles. The van der Waals surface area contributed by atoms with Crippen LogP contribution in [0.3, 0.4) is 0 Å². The molecule has 0 spiro atoms. The summed E-state index contributed by atoms with van der Waals surface area (Å²) in [6.45, 7) is 10.7. The maximum Gasteiger partial charge on any atom is 0.0925 e. The van der Waals surface area contributed by atoms with Gasteiger partial charge in [-0.1, -0.05) is 0 Å². The van der Waals surface area contributed by atoms with Gasteiger partial charge >= 0.3 is 0 Å². The highest BCUT2D eigenvalue weighted by Gasteiger charge is 2.29. The molecule has 3 heterocycles. The van der Waals surface area contributed by atoms with E-state index in [4.69, 9.17) is 0 Å². The zero-order chi connectivity index (χ0) is 13.9. The summed E-state index contributed by atoms with van der Waals surface area (Å²) in [5.74, 6) is 0.893. The molecule has 1 aromatic rings. The molecule has 0 aliphatic carbocycles. The topological polar surface area (TPSA) is 35.2 Å². The summed E-state index contributed by atoms with van der Waals surface area (Å²) in [7, 11) is 0. The maximum absolute atomic E-state index is 4.42. The Balaban J connectivity index is 1.48. The molecule has 2 aliphatic heterocycles. The molecule has 3 rings (SSSR count). The van der Waals surface area contributed by atoms with Crippen molar-refractivity contribution >= 4 is 0 Å². The Morgan fingerprint density at radius 1 is 1.25 bits per heavy atom. The van der Waals surface area contributed by atoms with Crippen LogP contribution in [-0.4, -0.2) is 52.0 Å². The quantitative estimate of drug-likeness (QED) is 0.917. The van der Waals surface area contributed by atoms with Crippen LogP contribution in [0.2, 0.25) is 0 Å². The molecule has 20 heavy (non-hydrogen) atoms. The first kappa shape index (κ1) is 14.1. The van der Waals surface area contributed by atoms with Crippen molar-refractivity contribution in [2.45, 2.75) is 52.1 Å². The van der Waals surface area contributed by atoms with Gasteiger partial charge in [-0.05, 0) is 71.6 Å². The fourth-order valence-corrected chi connectivity index (χ4v) is 3.80. The Labute approximate surface area is 122 Å². The highest BCUT2D eigenvalue weighted by atomic mass is 15.2. The Hall–Kier alpha value is -0.870. The van der Waals surface area contributed by atoms with Crippen molar-refractivity contribution in [2.24, 2.45) is 5.92 Å². The van der Waals surface area contributed by atoms with E-state index in [0.29, 0.717) is 0 Å². The standard InChI is InChI=1S/C16H28N4/c1-13-16(18-12-17-13)11-19-9-5-15(6-10-19)14(2)20-7-3-4-8-20/h12,14-15H,3-11H2,1-2H3,(H,17,18)/t14-/m0/s1. The number of H-pyrrole nitrogens is 1. The molecule has 0 saturated carbocycles. The molecular weight excluding hydrogens is 248 g/mol. The molecule has 2 fully saturated rings. The van der Waals surface area contributed by atoms with E-state index in [9.17, 15) is 0 Å². The largest absolute Gasteiger partial charge is 0.348 e. The summed E-state index contributed by atoms with van der Waals surface area (Å²) >= 11 is 0. The van der Waals surface area contributed by atoms with Gasteiger partial charge in [0.25, 0.3) is 0 Å². The molecule has 2 saturated heterocycles. The number of piperidine rings is 1. The number of nitrogens with zero attached hydrogens (tertiary/aromatic N) is 3. The minimum atomic E-state index is 0.784. The van der Waals surface area contributed by atoms with E-state index in [1.807, 2.05) is 6.33 Å². The van der Waals surface area contributed by atoms with E-state index in [1.54, 1.807) is 0 Å². The second-order valence-corrected chi connectivity index (χ2v) is 6.57. The smallest absolute Gasteiger partial charge is 0.0925 e. The van der Waals surface area contributed by atoms with Crippen molar-refractivity contribution in [1.82, 2.24) is 19.8 Å². The van der Waals surface area contributed by atoms with Crippen molar-refractivity contribution < 1.29 is 0 Å². The molecule has 0 aromatic carbocycles. The molecule has 1 N–H and O–H groups in total. The van der Waals surface area contributed by atoms with Gasteiger partial charge < -0.3 is 9.88 Å². The molecule has 4 heteroatoms. The van der Waals surface area contributed by atoms with Gasteiger partial charge in [0.1, 0.15) is 0 Å². The average molecular weight is 276 g/mol. The van der Waals surface area contributed by atoms with Crippen LogP contribution in [0.4, 0.5) is 0 Å². The normalized spacial score (nSPS) is 24.3.